The van der Waals surface area contributed by atoms with Crippen molar-refractivity contribution in [3.8, 4) is 0 Å². The zero-order chi connectivity index (χ0) is 12.9. The second-order valence-corrected chi connectivity index (χ2v) is 8.33. The van der Waals surface area contributed by atoms with Gasteiger partial charge in [0.25, 0.3) is 0 Å². The topological polar surface area (TPSA) is 57.6 Å². The summed E-state index contributed by atoms with van der Waals surface area (Å²) in [6.07, 6.45) is 0.221. The Kier molecular flexibility index (Phi) is 3.01. The van der Waals surface area contributed by atoms with E-state index in [1.165, 1.54) is 10.4 Å². The average Bonchev–Trinajstić information content (AvgIpc) is 2.84. The van der Waals surface area contributed by atoms with Gasteiger partial charge in [0.15, 0.2) is 9.84 Å². The molecular formula is C12H17NO3S2. The van der Waals surface area contributed by atoms with Crippen LogP contribution in [0.3, 0.4) is 0 Å². The molecule has 2 aliphatic rings. The van der Waals surface area contributed by atoms with Gasteiger partial charge in [-0.1, -0.05) is 0 Å². The van der Waals surface area contributed by atoms with Crippen molar-refractivity contribution in [3.05, 3.63) is 21.9 Å². The summed E-state index contributed by atoms with van der Waals surface area (Å²) in [5.74, 6) is 0.00928. The molecule has 3 unspecified atom stereocenters. The summed E-state index contributed by atoms with van der Waals surface area (Å²) in [4.78, 5) is 3.55. The first-order valence-corrected chi connectivity index (χ1v) is 8.88. The van der Waals surface area contributed by atoms with Crippen LogP contribution in [0.2, 0.25) is 0 Å². The second-order valence-electron chi connectivity index (χ2n) is 5.17. The molecule has 0 spiro atoms. The first-order chi connectivity index (χ1) is 8.48. The lowest BCUT2D eigenvalue weighted by Gasteiger charge is -2.38. The minimum absolute atomic E-state index is 0.0859. The quantitative estimate of drug-likeness (QED) is 0.831. The second kappa shape index (κ2) is 4.30. The maximum absolute atomic E-state index is 11.6. The SMILES string of the molecule is CC1c2ccsc2CCN1C1CS(=O)(=O)CC1O. The van der Waals surface area contributed by atoms with E-state index in [1.807, 2.05) is 0 Å². The molecule has 3 rings (SSSR count). The average molecular weight is 287 g/mol. The monoisotopic (exact) mass is 287 g/mol. The van der Waals surface area contributed by atoms with Gasteiger partial charge in [0.05, 0.1) is 23.7 Å². The van der Waals surface area contributed by atoms with Crippen molar-refractivity contribution in [2.24, 2.45) is 0 Å². The van der Waals surface area contributed by atoms with Crippen molar-refractivity contribution in [2.45, 2.75) is 31.5 Å². The van der Waals surface area contributed by atoms with E-state index in [1.54, 1.807) is 11.3 Å². The lowest BCUT2D eigenvalue weighted by molar-refractivity contribution is 0.0541. The third-order valence-corrected chi connectivity index (χ3v) is 6.74. The molecule has 3 atom stereocenters. The molecule has 0 radical (unpaired) electrons. The summed E-state index contributed by atoms with van der Waals surface area (Å²) in [6.45, 7) is 2.94. The van der Waals surface area contributed by atoms with Crippen LogP contribution < -0.4 is 0 Å². The maximum atomic E-state index is 11.6. The van der Waals surface area contributed by atoms with Crippen LogP contribution in [0, 0.1) is 0 Å². The number of sulfone groups is 1. The molecule has 1 aromatic rings. The van der Waals surface area contributed by atoms with Crippen molar-refractivity contribution in [1.82, 2.24) is 4.90 Å². The first kappa shape index (κ1) is 12.6. The van der Waals surface area contributed by atoms with E-state index in [0.29, 0.717) is 0 Å². The molecule has 18 heavy (non-hydrogen) atoms. The molecule has 6 heteroatoms. The number of rotatable bonds is 1. The van der Waals surface area contributed by atoms with Crippen molar-refractivity contribution in [1.29, 1.82) is 0 Å². The molecule has 3 heterocycles. The summed E-state index contributed by atoms with van der Waals surface area (Å²) in [5, 5.41) is 12.1. The van der Waals surface area contributed by atoms with Crippen LogP contribution >= 0.6 is 11.3 Å². The van der Waals surface area contributed by atoms with Crippen LogP contribution in [0.1, 0.15) is 23.4 Å². The Morgan fingerprint density at radius 2 is 2.22 bits per heavy atom. The minimum Gasteiger partial charge on any atom is -0.390 e. The fraction of sp³-hybridized carbons (Fsp3) is 0.667. The Bertz CT molecular complexity index is 551. The smallest absolute Gasteiger partial charge is 0.154 e. The normalized spacial score (nSPS) is 35.6. The summed E-state index contributed by atoms with van der Waals surface area (Å²) in [6, 6.07) is 2.08. The lowest BCUT2D eigenvalue weighted by Crippen LogP contribution is -2.47. The molecule has 4 nitrogen and oxygen atoms in total. The van der Waals surface area contributed by atoms with E-state index in [9.17, 15) is 13.5 Å². The van der Waals surface area contributed by atoms with E-state index < -0.39 is 15.9 Å². The summed E-state index contributed by atoms with van der Waals surface area (Å²) in [5.41, 5.74) is 1.29. The molecule has 1 saturated heterocycles. The van der Waals surface area contributed by atoms with E-state index in [-0.39, 0.29) is 23.6 Å². The molecule has 0 aliphatic carbocycles. The number of nitrogens with zero attached hydrogens (tertiary/aromatic N) is 1. The highest BCUT2D eigenvalue weighted by Gasteiger charge is 2.42. The van der Waals surface area contributed by atoms with Gasteiger partial charge in [-0.15, -0.1) is 11.3 Å². The van der Waals surface area contributed by atoms with Crippen LogP contribution in [0.4, 0.5) is 0 Å². The zero-order valence-electron chi connectivity index (χ0n) is 10.2. The Morgan fingerprint density at radius 3 is 2.89 bits per heavy atom. The summed E-state index contributed by atoms with van der Waals surface area (Å²) < 4.78 is 23.2. The molecule has 0 saturated carbocycles. The molecule has 0 bridgehead atoms. The molecular weight excluding hydrogens is 270 g/mol. The Morgan fingerprint density at radius 1 is 1.44 bits per heavy atom. The van der Waals surface area contributed by atoms with Gasteiger partial charge < -0.3 is 5.11 Å². The van der Waals surface area contributed by atoms with Gasteiger partial charge in [-0.05, 0) is 30.4 Å². The standard InChI is InChI=1S/C12H17NO3S2/c1-8-9-3-5-17-12(9)2-4-13(8)10-6-18(15,16)7-11(10)14/h3,5,8,10-11,14H,2,4,6-7H2,1H3. The van der Waals surface area contributed by atoms with Crippen LogP contribution in [0.25, 0.3) is 0 Å². The third kappa shape index (κ3) is 2.01. The van der Waals surface area contributed by atoms with Gasteiger partial charge >= 0.3 is 0 Å². The number of hydrogen-bond acceptors (Lipinski definition) is 5. The maximum Gasteiger partial charge on any atom is 0.154 e. The number of hydrogen-bond donors (Lipinski definition) is 1. The Balaban J connectivity index is 1.87. The Hall–Kier alpha value is -0.430. The first-order valence-electron chi connectivity index (χ1n) is 6.18. The van der Waals surface area contributed by atoms with Crippen molar-refractivity contribution in [2.75, 3.05) is 18.1 Å². The van der Waals surface area contributed by atoms with E-state index in [2.05, 4.69) is 23.3 Å². The number of aliphatic hydroxyl groups excluding tert-OH is 1. The van der Waals surface area contributed by atoms with E-state index >= 15 is 0 Å². The predicted octanol–water partition coefficient (Wildman–Crippen LogP) is 0.825. The molecule has 1 N–H and O–H groups in total. The van der Waals surface area contributed by atoms with Crippen molar-refractivity contribution in [3.63, 3.8) is 0 Å². The molecule has 0 amide bonds. The number of fused-ring (bicyclic) bond motifs is 1. The molecule has 100 valence electrons. The van der Waals surface area contributed by atoms with Crippen molar-refractivity contribution >= 4 is 21.2 Å². The van der Waals surface area contributed by atoms with Gasteiger partial charge in [0.2, 0.25) is 0 Å². The van der Waals surface area contributed by atoms with Crippen LogP contribution in [-0.2, 0) is 16.3 Å². The van der Waals surface area contributed by atoms with E-state index in [0.717, 1.165) is 13.0 Å². The predicted molar refractivity (Wildman–Crippen MR) is 71.6 cm³/mol. The van der Waals surface area contributed by atoms with Gasteiger partial charge in [-0.25, -0.2) is 8.42 Å². The van der Waals surface area contributed by atoms with Gasteiger partial charge in [0, 0.05) is 17.5 Å². The zero-order valence-corrected chi connectivity index (χ0v) is 11.9. The van der Waals surface area contributed by atoms with Crippen LogP contribution in [-0.4, -0.2) is 48.6 Å². The van der Waals surface area contributed by atoms with Crippen molar-refractivity contribution < 1.29 is 13.5 Å². The summed E-state index contributed by atoms with van der Waals surface area (Å²) >= 11 is 1.77. The molecule has 2 aliphatic heterocycles. The molecule has 1 fully saturated rings. The number of aliphatic hydroxyl groups is 1. The van der Waals surface area contributed by atoms with Crippen LogP contribution in [0.5, 0.6) is 0 Å². The minimum atomic E-state index is -3.07. The van der Waals surface area contributed by atoms with Gasteiger partial charge in [-0.3, -0.25) is 4.90 Å². The Labute approximate surface area is 111 Å². The van der Waals surface area contributed by atoms with E-state index in [4.69, 9.17) is 0 Å². The highest BCUT2D eigenvalue weighted by atomic mass is 32.2. The molecule has 0 aromatic carbocycles. The highest BCUT2D eigenvalue weighted by molar-refractivity contribution is 7.91. The van der Waals surface area contributed by atoms with Gasteiger partial charge in [0.1, 0.15) is 0 Å². The van der Waals surface area contributed by atoms with Crippen LogP contribution in [0.15, 0.2) is 11.4 Å². The molecule has 1 aromatic heterocycles. The third-order valence-electron chi connectivity index (χ3n) is 4.04. The fourth-order valence-corrected chi connectivity index (χ4v) is 5.88. The summed E-state index contributed by atoms with van der Waals surface area (Å²) in [7, 11) is -3.07. The van der Waals surface area contributed by atoms with Gasteiger partial charge in [-0.2, -0.15) is 0 Å². The fourth-order valence-electron chi connectivity index (χ4n) is 3.11. The number of thiophene rings is 1. The lowest BCUT2D eigenvalue weighted by atomic mass is 9.98. The largest absolute Gasteiger partial charge is 0.390 e. The highest BCUT2D eigenvalue weighted by Crippen LogP contribution is 2.36.